The van der Waals surface area contributed by atoms with Crippen LogP contribution in [-0.2, 0) is 5.41 Å². The lowest BCUT2D eigenvalue weighted by Crippen LogP contribution is -2.21. The molecule has 2 N–H and O–H groups in total. The molecule has 3 heteroatoms. The van der Waals surface area contributed by atoms with Gasteiger partial charge in [0.25, 0.3) is 0 Å². The quantitative estimate of drug-likeness (QED) is 0.887. The Morgan fingerprint density at radius 1 is 1.43 bits per heavy atom. The standard InChI is InChI=1S/C11H15BrFN/c1-11(2,5-6-14)8-3-4-9(12)10(13)7-8/h3-4,7H,5-6,14H2,1-2H3. The fourth-order valence-electron chi connectivity index (χ4n) is 1.42. The van der Waals surface area contributed by atoms with Gasteiger partial charge in [-0.15, -0.1) is 0 Å². The normalized spacial score (nSPS) is 11.8. The van der Waals surface area contributed by atoms with E-state index in [1.165, 1.54) is 0 Å². The van der Waals surface area contributed by atoms with E-state index in [1.54, 1.807) is 12.1 Å². The Hall–Kier alpha value is -0.410. The molecule has 0 atom stereocenters. The molecule has 78 valence electrons. The van der Waals surface area contributed by atoms with Gasteiger partial charge in [-0.2, -0.15) is 0 Å². The van der Waals surface area contributed by atoms with Crippen LogP contribution in [0.15, 0.2) is 22.7 Å². The second-order valence-corrected chi connectivity index (χ2v) is 4.91. The molecule has 0 saturated heterocycles. The predicted octanol–water partition coefficient (Wildman–Crippen LogP) is 3.21. The predicted molar refractivity (Wildman–Crippen MR) is 60.8 cm³/mol. The third-order valence-corrected chi connectivity index (χ3v) is 3.11. The molecule has 0 unspecified atom stereocenters. The molecule has 1 nitrogen and oxygen atoms in total. The van der Waals surface area contributed by atoms with Gasteiger partial charge in [-0.1, -0.05) is 19.9 Å². The zero-order valence-corrected chi connectivity index (χ0v) is 10.1. The Morgan fingerprint density at radius 2 is 2.07 bits per heavy atom. The molecule has 0 saturated carbocycles. The van der Waals surface area contributed by atoms with Gasteiger partial charge in [0, 0.05) is 0 Å². The molecule has 0 aromatic heterocycles. The summed E-state index contributed by atoms with van der Waals surface area (Å²) in [4.78, 5) is 0. The molecule has 1 aromatic rings. The van der Waals surface area contributed by atoms with Gasteiger partial charge in [0.05, 0.1) is 4.47 Å². The average Bonchev–Trinajstić information content (AvgIpc) is 2.09. The van der Waals surface area contributed by atoms with Gasteiger partial charge in [-0.3, -0.25) is 0 Å². The monoisotopic (exact) mass is 259 g/mol. The molecule has 0 radical (unpaired) electrons. The molecule has 0 fully saturated rings. The van der Waals surface area contributed by atoms with Crippen LogP contribution in [0.3, 0.4) is 0 Å². The molecule has 0 aliphatic heterocycles. The van der Waals surface area contributed by atoms with E-state index >= 15 is 0 Å². The SMILES string of the molecule is CC(C)(CCN)c1ccc(Br)c(F)c1. The van der Waals surface area contributed by atoms with Crippen LogP contribution in [0.2, 0.25) is 0 Å². The first-order chi connectivity index (χ1) is 6.47. The van der Waals surface area contributed by atoms with Crippen molar-refractivity contribution in [3.8, 4) is 0 Å². The van der Waals surface area contributed by atoms with Crippen molar-refractivity contribution in [2.24, 2.45) is 5.73 Å². The van der Waals surface area contributed by atoms with Crippen molar-refractivity contribution in [2.75, 3.05) is 6.54 Å². The summed E-state index contributed by atoms with van der Waals surface area (Å²) in [5.41, 5.74) is 6.45. The lowest BCUT2D eigenvalue weighted by atomic mass is 9.82. The summed E-state index contributed by atoms with van der Waals surface area (Å²) in [6.07, 6.45) is 0.855. The second kappa shape index (κ2) is 4.41. The lowest BCUT2D eigenvalue weighted by Gasteiger charge is -2.24. The third-order valence-electron chi connectivity index (χ3n) is 2.47. The molecule has 1 aromatic carbocycles. The Balaban J connectivity index is 3.01. The number of halogens is 2. The van der Waals surface area contributed by atoms with Gasteiger partial charge < -0.3 is 5.73 Å². The highest BCUT2D eigenvalue weighted by Crippen LogP contribution is 2.28. The van der Waals surface area contributed by atoms with Crippen LogP contribution in [0.4, 0.5) is 4.39 Å². The summed E-state index contributed by atoms with van der Waals surface area (Å²) in [6.45, 7) is 4.76. The van der Waals surface area contributed by atoms with Gasteiger partial charge in [0.15, 0.2) is 0 Å². The average molecular weight is 260 g/mol. The molecular formula is C11H15BrFN. The van der Waals surface area contributed by atoms with Crippen molar-refractivity contribution in [1.29, 1.82) is 0 Å². The van der Waals surface area contributed by atoms with Crippen LogP contribution >= 0.6 is 15.9 Å². The first-order valence-electron chi connectivity index (χ1n) is 4.63. The van der Waals surface area contributed by atoms with E-state index in [4.69, 9.17) is 5.73 Å². The maximum absolute atomic E-state index is 13.3. The summed E-state index contributed by atoms with van der Waals surface area (Å²) in [7, 11) is 0. The van der Waals surface area contributed by atoms with E-state index in [9.17, 15) is 4.39 Å². The first kappa shape index (κ1) is 11.7. The van der Waals surface area contributed by atoms with E-state index in [1.807, 2.05) is 6.07 Å². The van der Waals surface area contributed by atoms with Crippen LogP contribution < -0.4 is 5.73 Å². The zero-order chi connectivity index (χ0) is 10.8. The van der Waals surface area contributed by atoms with E-state index in [0.29, 0.717) is 11.0 Å². The van der Waals surface area contributed by atoms with Crippen LogP contribution in [0.25, 0.3) is 0 Å². The third kappa shape index (κ3) is 2.55. The molecule has 0 amide bonds. The summed E-state index contributed by atoms with van der Waals surface area (Å²) < 4.78 is 13.8. The van der Waals surface area contributed by atoms with E-state index in [0.717, 1.165) is 12.0 Å². The minimum absolute atomic E-state index is 0.0592. The minimum atomic E-state index is -0.215. The Bertz CT molecular complexity index is 323. The Morgan fingerprint density at radius 3 is 2.57 bits per heavy atom. The fraction of sp³-hybridized carbons (Fsp3) is 0.455. The maximum Gasteiger partial charge on any atom is 0.137 e. The summed E-state index contributed by atoms with van der Waals surface area (Å²) in [5.74, 6) is -0.215. The highest BCUT2D eigenvalue weighted by molar-refractivity contribution is 9.10. The van der Waals surface area contributed by atoms with Crippen molar-refractivity contribution >= 4 is 15.9 Å². The second-order valence-electron chi connectivity index (χ2n) is 4.05. The first-order valence-corrected chi connectivity index (χ1v) is 5.42. The van der Waals surface area contributed by atoms with E-state index < -0.39 is 0 Å². The molecular weight excluding hydrogens is 245 g/mol. The minimum Gasteiger partial charge on any atom is -0.330 e. The van der Waals surface area contributed by atoms with Crippen molar-refractivity contribution in [2.45, 2.75) is 25.7 Å². The molecule has 0 bridgehead atoms. The lowest BCUT2D eigenvalue weighted by molar-refractivity contribution is 0.482. The van der Waals surface area contributed by atoms with E-state index in [2.05, 4.69) is 29.8 Å². The van der Waals surface area contributed by atoms with Gasteiger partial charge >= 0.3 is 0 Å². The summed E-state index contributed by atoms with van der Waals surface area (Å²) in [6, 6.07) is 5.24. The van der Waals surface area contributed by atoms with Gasteiger partial charge in [-0.25, -0.2) is 4.39 Å². The van der Waals surface area contributed by atoms with Gasteiger partial charge in [0.1, 0.15) is 5.82 Å². The zero-order valence-electron chi connectivity index (χ0n) is 8.48. The van der Waals surface area contributed by atoms with Crippen molar-refractivity contribution in [1.82, 2.24) is 0 Å². The maximum atomic E-state index is 13.3. The Kier molecular flexibility index (Phi) is 3.67. The number of rotatable bonds is 3. The topological polar surface area (TPSA) is 26.0 Å². The highest BCUT2D eigenvalue weighted by atomic mass is 79.9. The largest absolute Gasteiger partial charge is 0.330 e. The van der Waals surface area contributed by atoms with Gasteiger partial charge in [-0.05, 0) is 52.0 Å². The number of benzene rings is 1. The number of hydrogen-bond acceptors (Lipinski definition) is 1. The van der Waals surface area contributed by atoms with Crippen molar-refractivity contribution in [3.05, 3.63) is 34.1 Å². The number of nitrogens with two attached hydrogens (primary N) is 1. The molecule has 14 heavy (non-hydrogen) atoms. The summed E-state index contributed by atoms with van der Waals surface area (Å²) >= 11 is 3.14. The van der Waals surface area contributed by atoms with Crippen LogP contribution in [0.1, 0.15) is 25.8 Å². The van der Waals surface area contributed by atoms with Crippen molar-refractivity contribution in [3.63, 3.8) is 0 Å². The molecule has 1 rings (SSSR count). The Labute approximate surface area is 92.6 Å². The van der Waals surface area contributed by atoms with Crippen LogP contribution in [0, 0.1) is 5.82 Å². The molecule has 0 aliphatic rings. The highest BCUT2D eigenvalue weighted by Gasteiger charge is 2.20. The van der Waals surface area contributed by atoms with Crippen molar-refractivity contribution < 1.29 is 4.39 Å². The fourth-order valence-corrected chi connectivity index (χ4v) is 1.67. The van der Waals surface area contributed by atoms with E-state index in [-0.39, 0.29) is 11.2 Å². The smallest absolute Gasteiger partial charge is 0.137 e. The number of hydrogen-bond donors (Lipinski definition) is 1. The van der Waals surface area contributed by atoms with Crippen LogP contribution in [0.5, 0.6) is 0 Å². The molecule has 0 heterocycles. The molecule has 0 aliphatic carbocycles. The van der Waals surface area contributed by atoms with Crippen LogP contribution in [-0.4, -0.2) is 6.54 Å². The van der Waals surface area contributed by atoms with Gasteiger partial charge in [0.2, 0.25) is 0 Å². The summed E-state index contributed by atoms with van der Waals surface area (Å²) in [5, 5.41) is 0. The molecule has 0 spiro atoms.